The summed E-state index contributed by atoms with van der Waals surface area (Å²) in [4.78, 5) is 35.3. The third-order valence-electron chi connectivity index (χ3n) is 2.69. The van der Waals surface area contributed by atoms with E-state index in [1.807, 2.05) is 0 Å². The van der Waals surface area contributed by atoms with Crippen LogP contribution < -0.4 is 5.32 Å². The average Bonchev–Trinajstić information content (AvgIpc) is 2.60. The van der Waals surface area contributed by atoms with Crippen LogP contribution in [-0.2, 0) is 14.4 Å². The van der Waals surface area contributed by atoms with Gasteiger partial charge in [-0.2, -0.15) is 0 Å². The molecule has 0 spiro atoms. The lowest BCUT2D eigenvalue weighted by atomic mass is 10.2. The molecule has 18 heavy (non-hydrogen) atoms. The quantitative estimate of drug-likeness (QED) is 0.729. The van der Waals surface area contributed by atoms with Gasteiger partial charge in [-0.15, -0.1) is 11.8 Å². The molecule has 0 saturated carbocycles. The van der Waals surface area contributed by atoms with Crippen LogP contribution in [0.5, 0.6) is 0 Å². The molecule has 0 bridgehead atoms. The Kier molecular flexibility index (Phi) is 3.58. The first kappa shape index (κ1) is 13.3. The van der Waals surface area contributed by atoms with Gasteiger partial charge in [0.1, 0.15) is 0 Å². The van der Waals surface area contributed by atoms with Crippen molar-refractivity contribution in [3.8, 4) is 0 Å². The molecule has 98 valence electrons. The van der Waals surface area contributed by atoms with Gasteiger partial charge in [-0.05, 0) is 6.92 Å². The standard InChI is InChI=1S/C10H12N2O4S2/c1-4(8(14)11-2)17-10-7(9(15)16)12-5(13)3-6(12)18-10/h4,6H,3H2,1-2H3,(H,11,14)(H,15,16)/t4?,6-/m0/s1. The minimum absolute atomic E-state index is 0.0157. The molecule has 2 aliphatic rings. The summed E-state index contributed by atoms with van der Waals surface area (Å²) in [5.41, 5.74) is 0.0157. The minimum Gasteiger partial charge on any atom is -0.477 e. The third kappa shape index (κ3) is 2.10. The summed E-state index contributed by atoms with van der Waals surface area (Å²) in [5.74, 6) is -1.46. The monoisotopic (exact) mass is 288 g/mol. The van der Waals surface area contributed by atoms with Crippen LogP contribution in [0.1, 0.15) is 13.3 Å². The summed E-state index contributed by atoms with van der Waals surface area (Å²) in [6.07, 6.45) is 0.361. The zero-order valence-electron chi connectivity index (χ0n) is 9.80. The number of carbonyl (C=O) groups excluding carboxylic acids is 2. The number of carbonyl (C=O) groups is 3. The maximum atomic E-state index is 11.4. The van der Waals surface area contributed by atoms with E-state index in [0.717, 1.165) is 0 Å². The Bertz CT molecular complexity index is 463. The number of β-lactam (4-membered cyclic amide) rings is 1. The molecular weight excluding hydrogens is 276 g/mol. The van der Waals surface area contributed by atoms with E-state index in [2.05, 4.69) is 5.32 Å². The molecule has 1 unspecified atom stereocenters. The topological polar surface area (TPSA) is 86.7 Å². The molecule has 0 radical (unpaired) electrons. The number of rotatable bonds is 4. The number of nitrogens with zero attached hydrogens (tertiary/aromatic N) is 1. The normalized spacial score (nSPS) is 23.6. The first-order valence-corrected chi connectivity index (χ1v) is 7.06. The highest BCUT2D eigenvalue weighted by atomic mass is 32.2. The molecule has 2 heterocycles. The number of nitrogens with one attached hydrogen (secondary N) is 1. The van der Waals surface area contributed by atoms with Gasteiger partial charge in [0.2, 0.25) is 11.8 Å². The molecule has 0 aliphatic carbocycles. The summed E-state index contributed by atoms with van der Waals surface area (Å²) in [7, 11) is 1.53. The molecule has 2 N–H and O–H groups in total. The maximum absolute atomic E-state index is 11.4. The maximum Gasteiger partial charge on any atom is 0.354 e. The van der Waals surface area contributed by atoms with Crippen molar-refractivity contribution in [1.82, 2.24) is 10.2 Å². The molecular formula is C10H12N2O4S2. The highest BCUT2D eigenvalue weighted by Crippen LogP contribution is 2.51. The van der Waals surface area contributed by atoms with Gasteiger partial charge < -0.3 is 10.4 Å². The van der Waals surface area contributed by atoms with Crippen LogP contribution in [0.25, 0.3) is 0 Å². The lowest BCUT2D eigenvalue weighted by Crippen LogP contribution is -2.48. The number of aliphatic carboxylic acids is 1. The zero-order chi connectivity index (χ0) is 13.4. The van der Waals surface area contributed by atoms with Crippen LogP contribution in [-0.4, -0.2) is 45.5 Å². The van der Waals surface area contributed by atoms with E-state index in [1.54, 1.807) is 6.92 Å². The number of carboxylic acid groups (broad SMARTS) is 1. The fourth-order valence-electron chi connectivity index (χ4n) is 1.72. The summed E-state index contributed by atoms with van der Waals surface area (Å²) in [6, 6.07) is 0. The van der Waals surface area contributed by atoms with E-state index >= 15 is 0 Å². The van der Waals surface area contributed by atoms with Gasteiger partial charge in [-0.25, -0.2) is 4.79 Å². The summed E-state index contributed by atoms with van der Waals surface area (Å²) >= 11 is 2.53. The van der Waals surface area contributed by atoms with Crippen LogP contribution >= 0.6 is 23.5 Å². The lowest BCUT2D eigenvalue weighted by Gasteiger charge is -2.33. The van der Waals surface area contributed by atoms with E-state index in [9.17, 15) is 14.4 Å². The highest BCUT2D eigenvalue weighted by molar-refractivity contribution is 8.23. The van der Waals surface area contributed by atoms with Gasteiger partial charge >= 0.3 is 5.97 Å². The Morgan fingerprint density at radius 3 is 2.78 bits per heavy atom. The number of hydrogen-bond donors (Lipinski definition) is 2. The molecule has 2 atom stereocenters. The Morgan fingerprint density at radius 1 is 1.61 bits per heavy atom. The van der Waals surface area contributed by atoms with Crippen molar-refractivity contribution in [3.63, 3.8) is 0 Å². The van der Waals surface area contributed by atoms with E-state index < -0.39 is 5.97 Å². The SMILES string of the molecule is CNC(=O)C(C)SC1=C(C(=O)O)N2C(=O)C[C@@H]2S1. The molecule has 1 saturated heterocycles. The summed E-state index contributed by atoms with van der Waals surface area (Å²) in [6.45, 7) is 1.70. The first-order valence-electron chi connectivity index (χ1n) is 5.30. The molecule has 2 amide bonds. The smallest absolute Gasteiger partial charge is 0.354 e. The van der Waals surface area contributed by atoms with Crippen molar-refractivity contribution < 1.29 is 19.5 Å². The van der Waals surface area contributed by atoms with Gasteiger partial charge in [0.05, 0.1) is 21.3 Å². The molecule has 1 fully saturated rings. The molecule has 0 aromatic carbocycles. The van der Waals surface area contributed by atoms with Crippen molar-refractivity contribution in [2.45, 2.75) is 24.0 Å². The van der Waals surface area contributed by atoms with E-state index in [0.29, 0.717) is 10.7 Å². The minimum atomic E-state index is -1.12. The van der Waals surface area contributed by atoms with Crippen molar-refractivity contribution in [2.75, 3.05) is 7.05 Å². The predicted molar refractivity (Wildman–Crippen MR) is 68.6 cm³/mol. The molecule has 2 aliphatic heterocycles. The van der Waals surface area contributed by atoms with Gasteiger partial charge in [0.25, 0.3) is 0 Å². The Balaban J connectivity index is 2.19. The largest absolute Gasteiger partial charge is 0.477 e. The van der Waals surface area contributed by atoms with Gasteiger partial charge in [-0.1, -0.05) is 11.8 Å². The number of hydrogen-bond acceptors (Lipinski definition) is 5. The van der Waals surface area contributed by atoms with E-state index in [1.165, 1.54) is 35.5 Å². The number of thioether (sulfide) groups is 2. The van der Waals surface area contributed by atoms with E-state index in [-0.39, 0.29) is 28.1 Å². The lowest BCUT2D eigenvalue weighted by molar-refractivity contribution is -0.145. The van der Waals surface area contributed by atoms with Crippen LogP contribution in [0.15, 0.2) is 9.93 Å². The summed E-state index contributed by atoms with van der Waals surface area (Å²) in [5, 5.41) is 11.2. The fourth-order valence-corrected chi connectivity index (χ4v) is 4.65. The first-order chi connectivity index (χ1) is 8.45. The number of carboxylic acids is 1. The molecule has 0 aromatic rings. The van der Waals surface area contributed by atoms with Gasteiger partial charge in [0, 0.05) is 7.05 Å². The van der Waals surface area contributed by atoms with Crippen molar-refractivity contribution in [3.05, 3.63) is 9.93 Å². The third-order valence-corrected chi connectivity index (χ3v) is 5.29. The molecule has 8 heteroatoms. The molecule has 6 nitrogen and oxygen atoms in total. The van der Waals surface area contributed by atoms with Crippen LogP contribution in [0.2, 0.25) is 0 Å². The van der Waals surface area contributed by atoms with Gasteiger partial charge in [0.15, 0.2) is 5.70 Å². The predicted octanol–water partition coefficient (Wildman–Crippen LogP) is 0.413. The zero-order valence-corrected chi connectivity index (χ0v) is 11.4. The molecule has 2 rings (SSSR count). The Labute approximate surface area is 112 Å². The second-order valence-corrected chi connectivity index (χ2v) is 6.65. The second kappa shape index (κ2) is 4.85. The highest BCUT2D eigenvalue weighted by Gasteiger charge is 2.49. The summed E-state index contributed by atoms with van der Waals surface area (Å²) < 4.78 is 0.537. The fraction of sp³-hybridized carbons (Fsp3) is 0.500. The Morgan fingerprint density at radius 2 is 2.28 bits per heavy atom. The van der Waals surface area contributed by atoms with Crippen LogP contribution in [0.3, 0.4) is 0 Å². The van der Waals surface area contributed by atoms with Crippen molar-refractivity contribution >= 4 is 41.3 Å². The number of amides is 2. The van der Waals surface area contributed by atoms with Crippen LogP contribution in [0, 0.1) is 0 Å². The van der Waals surface area contributed by atoms with Crippen molar-refractivity contribution in [2.24, 2.45) is 0 Å². The van der Waals surface area contributed by atoms with Gasteiger partial charge in [-0.3, -0.25) is 14.5 Å². The number of fused-ring (bicyclic) bond motifs is 1. The van der Waals surface area contributed by atoms with Crippen LogP contribution in [0.4, 0.5) is 0 Å². The van der Waals surface area contributed by atoms with Crippen molar-refractivity contribution in [1.29, 1.82) is 0 Å². The average molecular weight is 288 g/mol. The molecule has 0 aromatic heterocycles. The Hall–Kier alpha value is -1.15. The van der Waals surface area contributed by atoms with E-state index in [4.69, 9.17) is 5.11 Å². The second-order valence-electron chi connectivity index (χ2n) is 3.86.